The number of amides is 1. The van der Waals surface area contributed by atoms with Crippen LogP contribution in [0.15, 0.2) is 48.7 Å². The van der Waals surface area contributed by atoms with Crippen LogP contribution >= 0.6 is 0 Å². The summed E-state index contributed by atoms with van der Waals surface area (Å²) in [7, 11) is 0. The average molecular weight is 367 g/mol. The molecule has 1 aliphatic heterocycles. The van der Waals surface area contributed by atoms with Crippen LogP contribution in [0.2, 0.25) is 0 Å². The Morgan fingerprint density at radius 2 is 2.19 bits per heavy atom. The fourth-order valence-electron chi connectivity index (χ4n) is 3.56. The van der Waals surface area contributed by atoms with Crippen molar-refractivity contribution in [1.82, 2.24) is 14.3 Å². The fourth-order valence-corrected chi connectivity index (χ4v) is 3.56. The van der Waals surface area contributed by atoms with Gasteiger partial charge in [-0.1, -0.05) is 18.2 Å². The van der Waals surface area contributed by atoms with Crippen LogP contribution < -0.4 is 4.74 Å². The van der Waals surface area contributed by atoms with Crippen LogP contribution in [0.25, 0.3) is 5.65 Å². The SMILES string of the molecule is Cc1cccc(OC[C@@H]2CCCN(C(=O)c3nc4ccccn4c3F)C2)c1. The summed E-state index contributed by atoms with van der Waals surface area (Å²) in [5, 5.41) is 0. The molecule has 27 heavy (non-hydrogen) atoms. The number of aryl methyl sites for hydroxylation is 1. The van der Waals surface area contributed by atoms with Crippen LogP contribution in [-0.4, -0.2) is 39.9 Å². The Labute approximate surface area is 157 Å². The van der Waals surface area contributed by atoms with E-state index in [9.17, 15) is 9.18 Å². The quantitative estimate of drug-likeness (QED) is 0.706. The summed E-state index contributed by atoms with van der Waals surface area (Å²) in [4.78, 5) is 18.7. The standard InChI is InChI=1S/C21H22FN3O2/c1-15-6-4-8-17(12-15)27-14-16-7-5-10-24(13-16)21(26)19-20(22)25-11-3-2-9-18(25)23-19/h2-4,6,8-9,11-12,16H,5,7,10,13-14H2,1H3/t16-/m1/s1. The van der Waals surface area contributed by atoms with Gasteiger partial charge in [-0.2, -0.15) is 4.39 Å². The summed E-state index contributed by atoms with van der Waals surface area (Å²) in [6.07, 6.45) is 3.44. The smallest absolute Gasteiger partial charge is 0.277 e. The number of halogens is 1. The van der Waals surface area contributed by atoms with Gasteiger partial charge in [0.15, 0.2) is 5.69 Å². The molecule has 0 spiro atoms. The highest BCUT2D eigenvalue weighted by Crippen LogP contribution is 2.22. The summed E-state index contributed by atoms with van der Waals surface area (Å²) >= 11 is 0. The van der Waals surface area contributed by atoms with Gasteiger partial charge in [0.1, 0.15) is 11.4 Å². The number of hydrogen-bond acceptors (Lipinski definition) is 3. The van der Waals surface area contributed by atoms with Crippen molar-refractivity contribution in [3.63, 3.8) is 0 Å². The minimum atomic E-state index is -0.603. The molecule has 140 valence electrons. The first kappa shape index (κ1) is 17.5. The second kappa shape index (κ2) is 7.39. The van der Waals surface area contributed by atoms with E-state index in [4.69, 9.17) is 4.74 Å². The Kier molecular flexibility index (Phi) is 4.79. The van der Waals surface area contributed by atoms with E-state index in [1.165, 1.54) is 4.40 Å². The van der Waals surface area contributed by atoms with Gasteiger partial charge in [0, 0.05) is 25.2 Å². The number of aromatic nitrogens is 2. The maximum atomic E-state index is 14.6. The molecule has 1 aromatic carbocycles. The number of fused-ring (bicyclic) bond motifs is 1. The molecule has 0 unspecified atom stereocenters. The van der Waals surface area contributed by atoms with E-state index in [-0.39, 0.29) is 17.5 Å². The van der Waals surface area contributed by atoms with E-state index in [1.807, 2.05) is 31.2 Å². The molecule has 6 heteroatoms. The first-order valence-corrected chi connectivity index (χ1v) is 9.23. The zero-order valence-corrected chi connectivity index (χ0v) is 15.3. The van der Waals surface area contributed by atoms with Gasteiger partial charge in [-0.05, 0) is 49.6 Å². The number of pyridine rings is 1. The molecule has 1 atom stereocenters. The van der Waals surface area contributed by atoms with E-state index in [1.54, 1.807) is 29.3 Å². The predicted molar refractivity (Wildman–Crippen MR) is 100 cm³/mol. The minimum absolute atomic E-state index is 0.110. The lowest BCUT2D eigenvalue weighted by Gasteiger charge is -2.32. The van der Waals surface area contributed by atoms with Crippen LogP contribution in [0.3, 0.4) is 0 Å². The Morgan fingerprint density at radius 1 is 1.30 bits per heavy atom. The zero-order valence-electron chi connectivity index (χ0n) is 15.3. The van der Waals surface area contributed by atoms with E-state index in [2.05, 4.69) is 4.98 Å². The number of imidazole rings is 1. The molecule has 1 fully saturated rings. The highest BCUT2D eigenvalue weighted by molar-refractivity contribution is 5.93. The van der Waals surface area contributed by atoms with Gasteiger partial charge in [-0.15, -0.1) is 0 Å². The van der Waals surface area contributed by atoms with Gasteiger partial charge in [-0.25, -0.2) is 4.98 Å². The van der Waals surface area contributed by atoms with Crippen LogP contribution in [0.5, 0.6) is 5.75 Å². The van der Waals surface area contributed by atoms with Gasteiger partial charge >= 0.3 is 0 Å². The molecule has 2 aromatic heterocycles. The van der Waals surface area contributed by atoms with Crippen molar-refractivity contribution in [3.8, 4) is 5.75 Å². The summed E-state index contributed by atoms with van der Waals surface area (Å²) in [6.45, 7) is 3.74. The molecule has 5 nitrogen and oxygen atoms in total. The number of carbonyl (C=O) groups is 1. The molecular weight excluding hydrogens is 345 g/mol. The minimum Gasteiger partial charge on any atom is -0.493 e. The summed E-state index contributed by atoms with van der Waals surface area (Å²) in [6, 6.07) is 13.1. The van der Waals surface area contributed by atoms with Gasteiger partial charge in [0.25, 0.3) is 5.91 Å². The summed E-state index contributed by atoms with van der Waals surface area (Å²) in [5.74, 6) is 0.110. The lowest BCUT2D eigenvalue weighted by atomic mass is 9.98. The first-order valence-electron chi connectivity index (χ1n) is 9.23. The van der Waals surface area contributed by atoms with Gasteiger partial charge in [0.05, 0.1) is 6.61 Å². The van der Waals surface area contributed by atoms with Crippen molar-refractivity contribution in [3.05, 3.63) is 65.9 Å². The maximum absolute atomic E-state index is 14.6. The first-order chi connectivity index (χ1) is 13.1. The van der Waals surface area contributed by atoms with E-state index >= 15 is 0 Å². The number of piperidine rings is 1. The zero-order chi connectivity index (χ0) is 18.8. The van der Waals surface area contributed by atoms with Crippen LogP contribution in [-0.2, 0) is 0 Å². The number of benzene rings is 1. The molecule has 3 aromatic rings. The Balaban J connectivity index is 1.44. The number of ether oxygens (including phenoxy) is 1. The monoisotopic (exact) mass is 367 g/mol. The fraction of sp³-hybridized carbons (Fsp3) is 0.333. The molecule has 0 radical (unpaired) electrons. The van der Waals surface area contributed by atoms with Gasteiger partial charge in [0.2, 0.25) is 5.95 Å². The van der Waals surface area contributed by atoms with Crippen LogP contribution in [0.1, 0.15) is 28.9 Å². The normalized spacial score (nSPS) is 17.3. The second-order valence-electron chi connectivity index (χ2n) is 7.07. The molecule has 3 heterocycles. The largest absolute Gasteiger partial charge is 0.493 e. The molecule has 1 saturated heterocycles. The molecular formula is C21H22FN3O2. The van der Waals surface area contributed by atoms with Crippen molar-refractivity contribution in [1.29, 1.82) is 0 Å². The lowest BCUT2D eigenvalue weighted by Crippen LogP contribution is -2.42. The second-order valence-corrected chi connectivity index (χ2v) is 7.07. The van der Waals surface area contributed by atoms with E-state index < -0.39 is 5.95 Å². The molecule has 0 bridgehead atoms. The molecule has 0 aliphatic carbocycles. The number of carbonyl (C=O) groups excluding carboxylic acids is 1. The molecule has 4 rings (SSSR count). The van der Waals surface area contributed by atoms with Crippen molar-refractivity contribution >= 4 is 11.6 Å². The number of rotatable bonds is 4. The van der Waals surface area contributed by atoms with E-state index in [0.29, 0.717) is 25.3 Å². The Morgan fingerprint density at radius 3 is 3.00 bits per heavy atom. The van der Waals surface area contributed by atoms with Crippen LogP contribution in [0, 0.1) is 18.8 Å². The topological polar surface area (TPSA) is 46.8 Å². The van der Waals surface area contributed by atoms with Gasteiger partial charge < -0.3 is 9.64 Å². The van der Waals surface area contributed by atoms with Crippen molar-refractivity contribution < 1.29 is 13.9 Å². The Hall–Kier alpha value is -2.89. The number of hydrogen-bond donors (Lipinski definition) is 0. The van der Waals surface area contributed by atoms with Crippen molar-refractivity contribution in [2.24, 2.45) is 5.92 Å². The summed E-state index contributed by atoms with van der Waals surface area (Å²) < 4.78 is 21.8. The summed E-state index contributed by atoms with van der Waals surface area (Å²) in [5.41, 5.74) is 1.48. The molecule has 1 amide bonds. The molecule has 0 N–H and O–H groups in total. The molecule has 0 saturated carbocycles. The van der Waals surface area contributed by atoms with Crippen molar-refractivity contribution in [2.75, 3.05) is 19.7 Å². The number of likely N-dealkylation sites (tertiary alicyclic amines) is 1. The third-order valence-electron chi connectivity index (χ3n) is 4.96. The van der Waals surface area contributed by atoms with Crippen molar-refractivity contribution in [2.45, 2.75) is 19.8 Å². The highest BCUT2D eigenvalue weighted by atomic mass is 19.1. The lowest BCUT2D eigenvalue weighted by molar-refractivity contribution is 0.0623. The highest BCUT2D eigenvalue weighted by Gasteiger charge is 2.29. The predicted octanol–water partition coefficient (Wildman–Crippen LogP) is 3.71. The Bertz CT molecular complexity index is 969. The maximum Gasteiger partial charge on any atom is 0.277 e. The molecule has 1 aliphatic rings. The third kappa shape index (κ3) is 3.65. The average Bonchev–Trinajstić information content (AvgIpc) is 3.03. The number of nitrogens with zero attached hydrogens (tertiary/aromatic N) is 3. The van der Waals surface area contributed by atoms with Crippen LogP contribution in [0.4, 0.5) is 4.39 Å². The third-order valence-corrected chi connectivity index (χ3v) is 4.96. The van der Waals surface area contributed by atoms with E-state index in [0.717, 1.165) is 24.2 Å². The van der Waals surface area contributed by atoms with Gasteiger partial charge in [-0.3, -0.25) is 9.20 Å².